The van der Waals surface area contributed by atoms with E-state index in [0.717, 1.165) is 41.3 Å². The molecule has 8 aromatic rings. The first-order chi connectivity index (χ1) is 36.3. The fourth-order valence-electron chi connectivity index (χ4n) is 7.44. The lowest BCUT2D eigenvalue weighted by Gasteiger charge is -2.14. The van der Waals surface area contributed by atoms with Crippen LogP contribution in [0.5, 0.6) is 17.4 Å². The zero-order chi connectivity index (χ0) is 55.6. The molecule has 77 heavy (non-hydrogen) atoms. The number of nitrogens with zero attached hydrogens (tertiary/aromatic N) is 10. The number of hydrogen-bond acceptors (Lipinski definition) is 22. The number of aromatic nitrogens is 3. The van der Waals surface area contributed by atoms with Crippen LogP contribution in [0.4, 0.5) is 33.6 Å². The van der Waals surface area contributed by atoms with Crippen LogP contribution in [0.2, 0.25) is 5.02 Å². The van der Waals surface area contributed by atoms with Crippen molar-refractivity contribution in [1.82, 2.24) is 14.4 Å². The second kappa shape index (κ2) is 22.6. The van der Waals surface area contributed by atoms with Gasteiger partial charge >= 0.3 is 0 Å². The number of benzene rings is 5. The van der Waals surface area contributed by atoms with Crippen molar-refractivity contribution >= 4 is 146 Å². The van der Waals surface area contributed by atoms with E-state index < -0.39 is 61.8 Å². The molecule has 0 amide bonds. The third-order valence-corrected chi connectivity index (χ3v) is 16.7. The molecule has 0 atom stereocenters. The molecule has 0 bridgehead atoms. The summed E-state index contributed by atoms with van der Waals surface area (Å²) in [5, 5.41) is 47.8. The van der Waals surface area contributed by atoms with Crippen LogP contribution in [-0.2, 0) is 40.5 Å². The number of nitriles is 1. The van der Waals surface area contributed by atoms with Crippen LogP contribution in [0.3, 0.4) is 0 Å². The van der Waals surface area contributed by atoms with Gasteiger partial charge in [0, 0.05) is 28.0 Å². The molecule has 3 heterocycles. The van der Waals surface area contributed by atoms with Crippen molar-refractivity contribution in [3.8, 4) is 23.4 Å². The zero-order valence-corrected chi connectivity index (χ0v) is 45.4. The summed E-state index contributed by atoms with van der Waals surface area (Å²) in [5.74, 6) is -1.48. The Hall–Kier alpha value is -6.83. The van der Waals surface area contributed by atoms with Crippen LogP contribution in [0, 0.1) is 18.3 Å². The van der Waals surface area contributed by atoms with Crippen LogP contribution in [0.15, 0.2) is 118 Å². The van der Waals surface area contributed by atoms with Crippen molar-refractivity contribution in [2.45, 2.75) is 47.8 Å². The predicted molar refractivity (Wildman–Crippen MR) is 285 cm³/mol. The van der Waals surface area contributed by atoms with Gasteiger partial charge in [-0.2, -0.15) is 38.9 Å². The summed E-state index contributed by atoms with van der Waals surface area (Å²) in [5.41, 5.74) is 1.26. The highest BCUT2D eigenvalue weighted by Crippen LogP contribution is 2.46. The number of para-hydroxylation sites is 2. The van der Waals surface area contributed by atoms with Crippen LogP contribution in [-0.4, -0.2) is 102 Å². The second-order valence-corrected chi connectivity index (χ2v) is 24.9. The minimum absolute atomic E-state index is 0.0125. The van der Waals surface area contributed by atoms with E-state index in [1.54, 1.807) is 31.2 Å². The number of halogens is 1. The number of fused-ring (bicyclic) bond motifs is 6. The molecule has 0 aliphatic rings. The molecule has 0 radical (unpaired) electrons. The van der Waals surface area contributed by atoms with Gasteiger partial charge < -0.3 is 14.6 Å². The van der Waals surface area contributed by atoms with Crippen molar-refractivity contribution in [2.75, 3.05) is 30.5 Å². The van der Waals surface area contributed by atoms with Gasteiger partial charge in [-0.25, -0.2) is 9.97 Å². The number of hydrogen-bond donors (Lipinski definition) is 5. The topological polar surface area (TPSA) is 384 Å². The molecule has 0 saturated heterocycles. The number of pyridine rings is 1. The van der Waals surface area contributed by atoms with Crippen LogP contribution >= 0.6 is 34.7 Å². The average Bonchev–Trinajstić information content (AvgIpc) is 3.98. The first kappa shape index (κ1) is 56.4. The molecule has 0 aliphatic heterocycles. The Kier molecular flexibility index (Phi) is 16.6. The number of imidazole rings is 1. The van der Waals surface area contributed by atoms with Crippen molar-refractivity contribution in [3.63, 3.8) is 0 Å². The van der Waals surface area contributed by atoms with E-state index in [1.165, 1.54) is 34.7 Å². The lowest BCUT2D eigenvalue weighted by molar-refractivity contribution is 0.309. The molecule has 0 fully saturated rings. The maximum Gasteiger partial charge on any atom is 0.296 e. The lowest BCUT2D eigenvalue weighted by Crippen LogP contribution is -2.08. The molecular weight excluding hydrogens is 1150 g/mol. The molecular formula is C45H39ClN10O15S6. The van der Waals surface area contributed by atoms with E-state index in [4.69, 9.17) is 21.1 Å². The van der Waals surface area contributed by atoms with Gasteiger partial charge in [-0.3, -0.25) is 22.6 Å². The predicted octanol–water partition coefficient (Wildman–Crippen LogP) is 11.3. The Labute approximate surface area is 451 Å². The summed E-state index contributed by atoms with van der Waals surface area (Å²) in [6, 6.07) is 19.0. The molecule has 32 heteroatoms. The van der Waals surface area contributed by atoms with Gasteiger partial charge in [-0.1, -0.05) is 48.1 Å². The number of thioether (sulfide) groups is 1. The van der Waals surface area contributed by atoms with E-state index in [2.05, 4.69) is 46.7 Å². The summed E-state index contributed by atoms with van der Waals surface area (Å²) in [4.78, 5) is 7.94. The van der Waals surface area contributed by atoms with Crippen LogP contribution in [0.1, 0.15) is 37.3 Å². The summed E-state index contributed by atoms with van der Waals surface area (Å²) in [6.45, 7) is 3.28. The van der Waals surface area contributed by atoms with E-state index in [9.17, 15) is 62.3 Å². The number of ether oxygens (including phenoxy) is 2. The standard InChI is InChI=1S/C45H39ClN10O15S6/c1-3-12-70-36-21-33(52-54-40-24(2)28(23-47)43-48-30-8-4-5-9-35(30)56(43)44(40)57)37(71-13-6-15-74(58,59)60)20-32(36)51-53-34-19-29(46)31(22-38(34)72-14-7-16-75(61,62)63)50-55-45-49-41-39(77(67,68)69)17-25-10-11-26(76(64,65)66)18-27(25)42(41)73-45/h4-5,8-11,17-22,57H,3,6-7,12-16H2,1-2H3,(H,58,59,60)(H,61,62,63)(H,64,65,66)(H,67,68,69). The molecule has 0 unspecified atom stereocenters. The van der Waals surface area contributed by atoms with Gasteiger partial charge in [0.2, 0.25) is 11.0 Å². The molecule has 5 N–H and O–H groups in total. The Morgan fingerprint density at radius 1 is 0.753 bits per heavy atom. The number of rotatable bonds is 21. The summed E-state index contributed by atoms with van der Waals surface area (Å²) in [6.07, 6.45) is 0.320. The minimum Gasteiger partial charge on any atom is -0.493 e. The second-order valence-electron chi connectivity index (χ2n) is 16.4. The van der Waals surface area contributed by atoms with E-state index in [-0.39, 0.29) is 126 Å². The van der Waals surface area contributed by atoms with Gasteiger partial charge in [0.05, 0.1) is 50.4 Å². The molecule has 0 spiro atoms. The monoisotopic (exact) mass is 1190 g/mol. The Bertz CT molecular complexity index is 4300. The quantitative estimate of drug-likeness (QED) is 0.0193. The third-order valence-electron chi connectivity index (χ3n) is 10.9. The smallest absolute Gasteiger partial charge is 0.296 e. The molecule has 25 nitrogen and oxygen atoms in total. The molecule has 8 rings (SSSR count). The third kappa shape index (κ3) is 13.1. The molecule has 3 aromatic heterocycles. The van der Waals surface area contributed by atoms with E-state index in [1.807, 2.05) is 6.92 Å². The van der Waals surface area contributed by atoms with Gasteiger partial charge in [0.15, 0.2) is 11.3 Å². The van der Waals surface area contributed by atoms with Crippen molar-refractivity contribution in [2.24, 2.45) is 30.7 Å². The van der Waals surface area contributed by atoms with Gasteiger partial charge in [-0.15, -0.1) is 42.4 Å². The van der Waals surface area contributed by atoms with E-state index >= 15 is 0 Å². The van der Waals surface area contributed by atoms with Crippen molar-refractivity contribution < 1.29 is 66.5 Å². The van der Waals surface area contributed by atoms with Crippen LogP contribution < -0.4 is 9.47 Å². The largest absolute Gasteiger partial charge is 0.493 e. The fourth-order valence-corrected chi connectivity index (χ4v) is 11.9. The van der Waals surface area contributed by atoms with Gasteiger partial charge in [0.25, 0.3) is 40.5 Å². The Balaban J connectivity index is 1.20. The molecule has 0 aliphatic carbocycles. The normalized spacial score (nSPS) is 12.9. The van der Waals surface area contributed by atoms with Crippen molar-refractivity contribution in [1.29, 1.82) is 5.26 Å². The molecule has 402 valence electrons. The molecule has 0 saturated carbocycles. The SMILES string of the molecule is CCCOc1cc(N=Nc2c(C)c(C#N)c3nc4ccccc4n3c2O)c(OCCCS(=O)(=O)O)cc1N=Nc1cc(Cl)c(N=Nc2nc3c(S(=O)(=O)O)cc4ccc(S(=O)(=O)O)cc4c3s2)cc1SCCCS(=O)(=O)O. The van der Waals surface area contributed by atoms with Gasteiger partial charge in [0.1, 0.15) is 56.3 Å². The van der Waals surface area contributed by atoms with Crippen molar-refractivity contribution in [3.05, 3.63) is 88.9 Å². The van der Waals surface area contributed by atoms with E-state index in [0.29, 0.717) is 22.3 Å². The zero-order valence-electron chi connectivity index (χ0n) is 39.7. The first-order valence-electron chi connectivity index (χ1n) is 22.2. The Morgan fingerprint density at radius 2 is 1.40 bits per heavy atom. The Morgan fingerprint density at radius 3 is 2.06 bits per heavy atom. The summed E-state index contributed by atoms with van der Waals surface area (Å²) >= 11 is 8.58. The number of azo groups is 3. The highest BCUT2D eigenvalue weighted by Gasteiger charge is 2.24. The number of aromatic hydroxyl groups is 1. The highest BCUT2D eigenvalue weighted by atomic mass is 35.5. The molecule has 5 aromatic carbocycles. The summed E-state index contributed by atoms with van der Waals surface area (Å²) < 4.78 is 147. The van der Waals surface area contributed by atoms with Gasteiger partial charge in [-0.05, 0) is 79.8 Å². The van der Waals surface area contributed by atoms with Crippen LogP contribution in [0.25, 0.3) is 37.7 Å². The first-order valence-corrected chi connectivity index (χ1v) is 30.5. The number of thiazole rings is 1. The lowest BCUT2D eigenvalue weighted by atomic mass is 10.1. The highest BCUT2D eigenvalue weighted by molar-refractivity contribution is 7.99. The maximum atomic E-state index is 12.5. The summed E-state index contributed by atoms with van der Waals surface area (Å²) in [7, 11) is -18.3. The average molecular weight is 1190 g/mol. The minimum atomic E-state index is -4.89. The maximum absolute atomic E-state index is 12.5. The fraction of sp³-hybridized carbons (Fsp3) is 0.222.